The average Bonchev–Trinajstić information content (AvgIpc) is 3.06. The molecule has 0 spiro atoms. The van der Waals surface area contributed by atoms with E-state index in [1.165, 1.54) is 62.6 Å². The van der Waals surface area contributed by atoms with Crippen molar-refractivity contribution in [2.45, 2.75) is 68.2 Å². The van der Waals surface area contributed by atoms with E-state index in [2.05, 4.69) is 104 Å². The fourth-order valence-electron chi connectivity index (χ4n) is 3.76. The van der Waals surface area contributed by atoms with Gasteiger partial charge in [-0.3, -0.25) is 0 Å². The summed E-state index contributed by atoms with van der Waals surface area (Å²) in [7, 11) is 0. The molecule has 0 saturated heterocycles. The standard InChI is InChI=1S/C12H13.C12H19.2BrH.Zr/c1-8-4-10(3)12-7-9(2)6-11(12)5-8;1-6-7-12-10(4)8(2)9(3)11(12)5;;;/h4-7H,1-3H3;6-7H2,1-5H3;2*1H;/q2*-1;;;+4/p-2. The molecule has 0 N–H and O–H groups in total. The van der Waals surface area contributed by atoms with Gasteiger partial charge in [0.15, 0.2) is 0 Å². The molecular formula is C24H32Br2Zr. The van der Waals surface area contributed by atoms with Crippen LogP contribution in [-0.2, 0) is 25.0 Å². The molecule has 0 atom stereocenters. The summed E-state index contributed by atoms with van der Waals surface area (Å²) in [5.41, 5.74) is 11.7. The first-order valence-corrected chi connectivity index (χ1v) is 20.7. The third kappa shape index (κ3) is 6.79. The molecule has 0 aromatic heterocycles. The van der Waals surface area contributed by atoms with E-state index < -0.39 is 0 Å². The van der Waals surface area contributed by atoms with E-state index in [0.29, 0.717) is 0 Å². The van der Waals surface area contributed by atoms with Gasteiger partial charge in [-0.1, -0.05) is 71.6 Å². The Labute approximate surface area is 189 Å². The SMILES string of the molecule is CCCc1c(C)c(C)c(C)[c-]1C.Cc1cc(C)c2cc(C)[cH-]c2c1.[Br][Zr+2][Br]. The molecule has 0 heterocycles. The van der Waals surface area contributed by atoms with Crippen LogP contribution in [0, 0.1) is 48.5 Å². The van der Waals surface area contributed by atoms with Gasteiger partial charge >= 0.3 is 43.0 Å². The van der Waals surface area contributed by atoms with E-state index >= 15 is 0 Å². The molecule has 0 fully saturated rings. The van der Waals surface area contributed by atoms with Crippen molar-refractivity contribution in [3.8, 4) is 0 Å². The molecule has 0 aliphatic rings. The molecule has 0 saturated carbocycles. The maximum absolute atomic E-state index is 3.23. The minimum atomic E-state index is -0.145. The second-order valence-corrected chi connectivity index (χ2v) is 18.8. The zero-order valence-electron chi connectivity index (χ0n) is 18.0. The molecular weight excluding hydrogens is 539 g/mol. The van der Waals surface area contributed by atoms with Crippen molar-refractivity contribution < 1.29 is 18.5 Å². The Morgan fingerprint density at radius 2 is 1.56 bits per heavy atom. The van der Waals surface area contributed by atoms with Gasteiger partial charge in [0.1, 0.15) is 0 Å². The summed E-state index contributed by atoms with van der Waals surface area (Å²) < 4.78 is 0. The van der Waals surface area contributed by atoms with Crippen LogP contribution in [0.4, 0.5) is 0 Å². The van der Waals surface area contributed by atoms with Gasteiger partial charge in [0.2, 0.25) is 0 Å². The minimum absolute atomic E-state index is 0.145. The van der Waals surface area contributed by atoms with Crippen LogP contribution < -0.4 is 0 Å². The zero-order chi connectivity index (χ0) is 20.7. The first-order valence-electron chi connectivity index (χ1n) is 9.50. The van der Waals surface area contributed by atoms with Crippen LogP contribution in [0.3, 0.4) is 0 Å². The van der Waals surface area contributed by atoms with Crippen molar-refractivity contribution in [2.24, 2.45) is 0 Å². The Balaban J connectivity index is 0.000000236. The third-order valence-electron chi connectivity index (χ3n) is 5.41. The van der Waals surface area contributed by atoms with E-state index in [1.54, 1.807) is 5.56 Å². The molecule has 3 rings (SSSR count). The van der Waals surface area contributed by atoms with Gasteiger partial charge in [-0.25, -0.2) is 0 Å². The predicted molar refractivity (Wildman–Crippen MR) is 127 cm³/mol. The fourth-order valence-corrected chi connectivity index (χ4v) is 3.76. The van der Waals surface area contributed by atoms with Gasteiger partial charge in [-0.2, -0.15) is 33.9 Å². The molecule has 0 nitrogen and oxygen atoms in total. The van der Waals surface area contributed by atoms with Gasteiger partial charge in [-0.15, -0.1) is 28.5 Å². The summed E-state index contributed by atoms with van der Waals surface area (Å²) in [5, 5.41) is 2.78. The summed E-state index contributed by atoms with van der Waals surface area (Å²) in [4.78, 5) is 0. The van der Waals surface area contributed by atoms with E-state index in [1.807, 2.05) is 0 Å². The molecule has 0 aliphatic carbocycles. The monoisotopic (exact) mass is 568 g/mol. The Morgan fingerprint density at radius 3 is 2.04 bits per heavy atom. The number of hydrogen-bond donors (Lipinski definition) is 0. The second-order valence-electron chi connectivity index (χ2n) is 7.42. The molecule has 146 valence electrons. The van der Waals surface area contributed by atoms with Crippen molar-refractivity contribution in [1.82, 2.24) is 0 Å². The number of aryl methyl sites for hydroxylation is 3. The van der Waals surface area contributed by atoms with Crippen LogP contribution in [-0.4, -0.2) is 0 Å². The van der Waals surface area contributed by atoms with Crippen molar-refractivity contribution in [3.63, 3.8) is 0 Å². The fraction of sp³-hybridized carbons (Fsp3) is 0.417. The molecule has 3 heteroatoms. The van der Waals surface area contributed by atoms with Crippen LogP contribution in [0.5, 0.6) is 0 Å². The van der Waals surface area contributed by atoms with Crippen molar-refractivity contribution >= 4 is 35.2 Å². The molecule has 0 unspecified atom stereocenters. The number of rotatable bonds is 2. The zero-order valence-corrected chi connectivity index (χ0v) is 23.6. The molecule has 0 bridgehead atoms. The quantitative estimate of drug-likeness (QED) is 0.270. The van der Waals surface area contributed by atoms with Gasteiger partial charge in [0, 0.05) is 0 Å². The number of hydrogen-bond acceptors (Lipinski definition) is 0. The number of benzene rings is 1. The van der Waals surface area contributed by atoms with E-state index in [0.717, 1.165) is 0 Å². The molecule has 0 amide bonds. The Bertz CT molecular complexity index is 843. The first-order chi connectivity index (χ1) is 12.7. The summed E-state index contributed by atoms with van der Waals surface area (Å²) in [6, 6.07) is 8.98. The van der Waals surface area contributed by atoms with E-state index in [9.17, 15) is 0 Å². The Kier molecular flexibility index (Phi) is 11.0. The normalized spacial score (nSPS) is 10.0. The molecule has 0 radical (unpaired) electrons. The topological polar surface area (TPSA) is 0 Å². The molecule has 0 aliphatic heterocycles. The summed E-state index contributed by atoms with van der Waals surface area (Å²) >= 11 is 6.32. The van der Waals surface area contributed by atoms with Gasteiger partial charge in [0.25, 0.3) is 0 Å². The van der Waals surface area contributed by atoms with Crippen LogP contribution in [0.15, 0.2) is 24.3 Å². The predicted octanol–water partition coefficient (Wildman–Crippen LogP) is 8.76. The van der Waals surface area contributed by atoms with Crippen LogP contribution in [0.2, 0.25) is 0 Å². The van der Waals surface area contributed by atoms with Crippen molar-refractivity contribution in [2.75, 3.05) is 0 Å². The molecule has 3 aromatic carbocycles. The van der Waals surface area contributed by atoms with Gasteiger partial charge in [0.05, 0.1) is 0 Å². The third-order valence-corrected chi connectivity index (χ3v) is 5.41. The molecule has 27 heavy (non-hydrogen) atoms. The Morgan fingerprint density at radius 1 is 0.963 bits per heavy atom. The van der Waals surface area contributed by atoms with Crippen LogP contribution in [0.25, 0.3) is 10.8 Å². The average molecular weight is 572 g/mol. The van der Waals surface area contributed by atoms with E-state index in [-0.39, 0.29) is 18.5 Å². The Hall–Kier alpha value is 0.0231. The van der Waals surface area contributed by atoms with Crippen LogP contribution in [0.1, 0.15) is 57.9 Å². The summed E-state index contributed by atoms with van der Waals surface area (Å²) in [6.45, 7) is 17.7. The van der Waals surface area contributed by atoms with Crippen molar-refractivity contribution in [3.05, 3.63) is 68.8 Å². The number of halogens is 2. The number of fused-ring (bicyclic) bond motifs is 1. The first kappa shape index (κ1) is 25.1. The summed E-state index contributed by atoms with van der Waals surface area (Å²) in [6.07, 6.45) is 2.50. The summed E-state index contributed by atoms with van der Waals surface area (Å²) in [5.74, 6) is 0. The molecule has 3 aromatic rings. The van der Waals surface area contributed by atoms with E-state index in [4.69, 9.17) is 0 Å². The van der Waals surface area contributed by atoms with Crippen LogP contribution >= 0.6 is 24.4 Å². The van der Waals surface area contributed by atoms with Gasteiger partial charge in [-0.05, 0) is 13.8 Å². The second kappa shape index (κ2) is 11.9. The van der Waals surface area contributed by atoms with Crippen molar-refractivity contribution in [1.29, 1.82) is 0 Å². The van der Waals surface area contributed by atoms with Gasteiger partial charge < -0.3 is 0 Å². The maximum atomic E-state index is 3.23.